The minimum Gasteiger partial charge on any atom is -0.489 e. The van der Waals surface area contributed by atoms with Crippen molar-refractivity contribution in [2.75, 3.05) is 31.6 Å². The number of hydrogen-bond donors (Lipinski definition) is 2. The third-order valence-electron chi connectivity index (χ3n) is 3.36. The molecule has 1 atom stereocenters. The Labute approximate surface area is 105 Å². The van der Waals surface area contributed by atoms with Gasteiger partial charge in [-0.05, 0) is 18.6 Å². The molecule has 1 saturated heterocycles. The molecule has 0 bridgehead atoms. The number of fused-ring (bicyclic) bond motifs is 1. The number of rotatable bonds is 1. The van der Waals surface area contributed by atoms with Gasteiger partial charge >= 0.3 is 0 Å². The second kappa shape index (κ2) is 4.49. The maximum atomic E-state index is 12.4. The number of para-hydroxylation sites is 1. The number of nitrogens with one attached hydrogen (secondary N) is 1. The van der Waals surface area contributed by atoms with Crippen LogP contribution < -0.4 is 10.1 Å². The summed E-state index contributed by atoms with van der Waals surface area (Å²) in [6.45, 7) is 2.35. The summed E-state index contributed by atoms with van der Waals surface area (Å²) in [5.41, 5.74) is 1.45. The molecule has 1 fully saturated rings. The maximum absolute atomic E-state index is 12.4. The molecule has 0 aromatic heterocycles. The van der Waals surface area contributed by atoms with Crippen LogP contribution in [0.2, 0.25) is 0 Å². The summed E-state index contributed by atoms with van der Waals surface area (Å²) < 4.78 is 5.59. The molecular weight excluding hydrogens is 232 g/mol. The summed E-state index contributed by atoms with van der Waals surface area (Å²) in [6, 6.07) is 5.53. The first-order valence-corrected chi connectivity index (χ1v) is 6.23. The van der Waals surface area contributed by atoms with Crippen LogP contribution in [0.5, 0.6) is 5.75 Å². The number of nitrogens with zero attached hydrogens (tertiary/aromatic N) is 1. The summed E-state index contributed by atoms with van der Waals surface area (Å²) in [5.74, 6) is 0.572. The van der Waals surface area contributed by atoms with Gasteiger partial charge in [0.15, 0.2) is 5.75 Å². The van der Waals surface area contributed by atoms with Gasteiger partial charge in [0.25, 0.3) is 5.91 Å². The average molecular weight is 248 g/mol. The summed E-state index contributed by atoms with van der Waals surface area (Å²) in [6.07, 6.45) is 0.257. The van der Waals surface area contributed by atoms with Crippen molar-refractivity contribution in [3.63, 3.8) is 0 Å². The molecule has 2 aliphatic rings. The molecule has 1 aromatic carbocycles. The Morgan fingerprint density at radius 3 is 3.17 bits per heavy atom. The molecule has 0 spiro atoms. The van der Waals surface area contributed by atoms with E-state index in [1.54, 1.807) is 11.0 Å². The van der Waals surface area contributed by atoms with Gasteiger partial charge in [0, 0.05) is 19.6 Å². The number of ether oxygens (including phenoxy) is 1. The summed E-state index contributed by atoms with van der Waals surface area (Å²) in [4.78, 5) is 14.1. The van der Waals surface area contributed by atoms with E-state index >= 15 is 0 Å². The minimum atomic E-state index is -0.396. The van der Waals surface area contributed by atoms with E-state index in [0.29, 0.717) is 37.4 Å². The lowest BCUT2D eigenvalue weighted by Crippen LogP contribution is -2.31. The Morgan fingerprint density at radius 2 is 2.39 bits per heavy atom. The smallest absolute Gasteiger partial charge is 0.257 e. The minimum absolute atomic E-state index is 0.0629. The number of anilines is 1. The summed E-state index contributed by atoms with van der Waals surface area (Å²) in [7, 11) is 0. The van der Waals surface area contributed by atoms with Crippen LogP contribution in [-0.4, -0.2) is 48.3 Å². The lowest BCUT2D eigenvalue weighted by Gasteiger charge is -2.23. The highest BCUT2D eigenvalue weighted by atomic mass is 16.5. The van der Waals surface area contributed by atoms with Crippen LogP contribution in [0.3, 0.4) is 0 Å². The van der Waals surface area contributed by atoms with E-state index < -0.39 is 6.10 Å². The van der Waals surface area contributed by atoms with Gasteiger partial charge in [-0.3, -0.25) is 4.79 Å². The molecule has 3 rings (SSSR count). The van der Waals surface area contributed by atoms with Crippen molar-refractivity contribution in [2.24, 2.45) is 0 Å². The van der Waals surface area contributed by atoms with Gasteiger partial charge in [-0.15, -0.1) is 0 Å². The SMILES string of the molecule is O=C(c1cccc2c1OCCN2)N1CC[C@@H](O)C1. The Morgan fingerprint density at radius 1 is 1.50 bits per heavy atom. The molecule has 2 N–H and O–H groups in total. The van der Waals surface area contributed by atoms with Gasteiger partial charge in [-0.2, -0.15) is 0 Å². The Hall–Kier alpha value is -1.75. The lowest BCUT2D eigenvalue weighted by atomic mass is 10.1. The number of benzene rings is 1. The van der Waals surface area contributed by atoms with Gasteiger partial charge in [0.05, 0.1) is 17.4 Å². The maximum Gasteiger partial charge on any atom is 0.257 e. The molecule has 2 aliphatic heterocycles. The van der Waals surface area contributed by atoms with Gasteiger partial charge in [-0.1, -0.05) is 6.07 Å². The number of aliphatic hydroxyl groups is 1. The van der Waals surface area contributed by atoms with Crippen LogP contribution >= 0.6 is 0 Å². The van der Waals surface area contributed by atoms with E-state index in [9.17, 15) is 9.90 Å². The fourth-order valence-electron chi connectivity index (χ4n) is 2.44. The number of amides is 1. The zero-order valence-corrected chi connectivity index (χ0v) is 10.1. The van der Waals surface area contributed by atoms with Gasteiger partial charge < -0.3 is 20.1 Å². The molecule has 0 radical (unpaired) electrons. The van der Waals surface area contributed by atoms with Crippen LogP contribution in [0.15, 0.2) is 18.2 Å². The van der Waals surface area contributed by atoms with E-state index in [1.807, 2.05) is 12.1 Å². The largest absolute Gasteiger partial charge is 0.489 e. The van der Waals surface area contributed by atoms with Crippen LogP contribution in [0.4, 0.5) is 5.69 Å². The molecule has 2 heterocycles. The molecule has 1 aromatic rings. The second-order valence-corrected chi connectivity index (χ2v) is 4.65. The highest BCUT2D eigenvalue weighted by molar-refractivity contribution is 5.99. The first-order valence-electron chi connectivity index (χ1n) is 6.23. The monoisotopic (exact) mass is 248 g/mol. The van der Waals surface area contributed by atoms with Crippen molar-refractivity contribution in [2.45, 2.75) is 12.5 Å². The first kappa shape index (κ1) is 11.3. The fraction of sp³-hybridized carbons (Fsp3) is 0.462. The van der Waals surface area contributed by atoms with Gasteiger partial charge in [0.1, 0.15) is 6.61 Å². The van der Waals surface area contributed by atoms with E-state index in [2.05, 4.69) is 5.32 Å². The van der Waals surface area contributed by atoms with Crippen LogP contribution in [0.25, 0.3) is 0 Å². The topological polar surface area (TPSA) is 61.8 Å². The number of carbonyl (C=O) groups excluding carboxylic acids is 1. The third kappa shape index (κ3) is 1.90. The highest BCUT2D eigenvalue weighted by Crippen LogP contribution is 2.32. The number of aliphatic hydroxyl groups excluding tert-OH is 1. The third-order valence-corrected chi connectivity index (χ3v) is 3.36. The zero-order chi connectivity index (χ0) is 12.5. The first-order chi connectivity index (χ1) is 8.75. The molecule has 0 aliphatic carbocycles. The number of β-amino-alcohol motifs (C(OH)–C–C–N with tert-alkyl or cyclic N) is 1. The van der Waals surface area contributed by atoms with Crippen molar-refractivity contribution in [1.29, 1.82) is 0 Å². The lowest BCUT2D eigenvalue weighted by molar-refractivity contribution is 0.0760. The summed E-state index contributed by atoms with van der Waals surface area (Å²) >= 11 is 0. The van der Waals surface area contributed by atoms with Crippen molar-refractivity contribution in [1.82, 2.24) is 4.90 Å². The van der Waals surface area contributed by atoms with Crippen LogP contribution in [0, 0.1) is 0 Å². The van der Waals surface area contributed by atoms with E-state index in [4.69, 9.17) is 4.74 Å². The normalized spacial score (nSPS) is 22.1. The average Bonchev–Trinajstić information content (AvgIpc) is 2.84. The van der Waals surface area contributed by atoms with Crippen molar-refractivity contribution in [3.05, 3.63) is 23.8 Å². The number of carbonyl (C=O) groups is 1. The van der Waals surface area contributed by atoms with Crippen molar-refractivity contribution in [3.8, 4) is 5.75 Å². The molecule has 96 valence electrons. The van der Waals surface area contributed by atoms with Gasteiger partial charge in [0.2, 0.25) is 0 Å². The van der Waals surface area contributed by atoms with Crippen molar-refractivity contribution >= 4 is 11.6 Å². The van der Waals surface area contributed by atoms with E-state index in [0.717, 1.165) is 12.2 Å². The van der Waals surface area contributed by atoms with Crippen molar-refractivity contribution < 1.29 is 14.6 Å². The zero-order valence-electron chi connectivity index (χ0n) is 10.1. The highest BCUT2D eigenvalue weighted by Gasteiger charge is 2.28. The fourth-order valence-corrected chi connectivity index (χ4v) is 2.44. The summed E-state index contributed by atoms with van der Waals surface area (Å²) in [5, 5.41) is 12.7. The van der Waals surface area contributed by atoms with E-state index in [1.165, 1.54) is 0 Å². The Balaban J connectivity index is 1.90. The molecule has 18 heavy (non-hydrogen) atoms. The molecular formula is C13H16N2O3. The standard InChI is InChI=1S/C13H16N2O3/c16-9-4-6-15(8-9)13(17)10-2-1-3-11-12(10)18-7-5-14-11/h1-3,9,14,16H,4-8H2/t9-/m1/s1. The Kier molecular flexibility index (Phi) is 2.83. The van der Waals surface area contributed by atoms with Crippen LogP contribution in [-0.2, 0) is 0 Å². The predicted molar refractivity (Wildman–Crippen MR) is 67.0 cm³/mol. The predicted octanol–water partition coefficient (Wildman–Crippen LogP) is 0.698. The number of hydrogen-bond acceptors (Lipinski definition) is 4. The van der Waals surface area contributed by atoms with Gasteiger partial charge in [-0.25, -0.2) is 0 Å². The second-order valence-electron chi connectivity index (χ2n) is 4.65. The Bertz CT molecular complexity index is 475. The molecule has 5 heteroatoms. The van der Waals surface area contributed by atoms with E-state index in [-0.39, 0.29) is 5.91 Å². The molecule has 0 saturated carbocycles. The number of likely N-dealkylation sites (tertiary alicyclic amines) is 1. The quantitative estimate of drug-likeness (QED) is 0.768. The molecule has 5 nitrogen and oxygen atoms in total. The van der Waals surface area contributed by atoms with Crippen LogP contribution in [0.1, 0.15) is 16.8 Å². The molecule has 1 amide bonds. The molecule has 0 unspecified atom stereocenters.